The van der Waals surface area contributed by atoms with E-state index in [0.29, 0.717) is 18.3 Å². The molecule has 0 aliphatic heterocycles. The number of amides is 1. The van der Waals surface area contributed by atoms with E-state index in [-0.39, 0.29) is 12.5 Å². The molecule has 0 atom stereocenters. The first kappa shape index (κ1) is 21.1. The van der Waals surface area contributed by atoms with Gasteiger partial charge in [0, 0.05) is 0 Å². The molecule has 0 radical (unpaired) electrons. The van der Waals surface area contributed by atoms with Crippen LogP contribution in [-0.4, -0.2) is 18.7 Å². The normalized spacial score (nSPS) is 10.9. The molecular formula is C25H26N2O3. The third kappa shape index (κ3) is 6.78. The van der Waals surface area contributed by atoms with E-state index in [1.54, 1.807) is 6.21 Å². The molecule has 0 spiro atoms. The molecule has 5 nitrogen and oxygen atoms in total. The first-order chi connectivity index (χ1) is 14.6. The molecule has 3 rings (SSSR count). The number of rotatable bonds is 9. The summed E-state index contributed by atoms with van der Waals surface area (Å²) in [4.78, 5) is 11.9. The van der Waals surface area contributed by atoms with Crippen molar-refractivity contribution in [3.05, 3.63) is 95.6 Å². The number of benzene rings is 3. The summed E-state index contributed by atoms with van der Waals surface area (Å²) in [5.74, 6) is 1.54. The molecule has 154 valence electrons. The average Bonchev–Trinajstić information content (AvgIpc) is 2.78. The number of hydrazone groups is 1. The minimum atomic E-state index is -0.316. The molecule has 0 aliphatic carbocycles. The van der Waals surface area contributed by atoms with E-state index >= 15 is 0 Å². The summed E-state index contributed by atoms with van der Waals surface area (Å²) in [6.07, 6.45) is 1.58. The van der Waals surface area contributed by atoms with Crippen LogP contribution in [0, 0.1) is 0 Å². The molecule has 30 heavy (non-hydrogen) atoms. The summed E-state index contributed by atoms with van der Waals surface area (Å²) >= 11 is 0. The van der Waals surface area contributed by atoms with Gasteiger partial charge in [0.05, 0.1) is 6.21 Å². The lowest BCUT2D eigenvalue weighted by Crippen LogP contribution is -2.24. The zero-order valence-corrected chi connectivity index (χ0v) is 17.2. The van der Waals surface area contributed by atoms with Crippen molar-refractivity contribution < 1.29 is 14.3 Å². The fraction of sp³-hybridized carbons (Fsp3) is 0.200. The van der Waals surface area contributed by atoms with E-state index in [1.807, 2.05) is 78.9 Å². The van der Waals surface area contributed by atoms with E-state index in [2.05, 4.69) is 24.4 Å². The molecule has 1 N–H and O–H groups in total. The van der Waals surface area contributed by atoms with E-state index in [9.17, 15) is 4.79 Å². The third-order valence-corrected chi connectivity index (χ3v) is 4.43. The minimum absolute atomic E-state index is 0.0921. The van der Waals surface area contributed by atoms with Crippen molar-refractivity contribution >= 4 is 12.1 Å². The summed E-state index contributed by atoms with van der Waals surface area (Å²) in [5.41, 5.74) is 5.61. The van der Waals surface area contributed by atoms with Crippen LogP contribution in [0.25, 0.3) is 0 Å². The molecule has 0 fully saturated rings. The van der Waals surface area contributed by atoms with Crippen LogP contribution < -0.4 is 14.9 Å². The maximum Gasteiger partial charge on any atom is 0.277 e. The Bertz CT molecular complexity index is 967. The number of carbonyl (C=O) groups is 1. The zero-order chi connectivity index (χ0) is 21.2. The van der Waals surface area contributed by atoms with Gasteiger partial charge in [0.15, 0.2) is 6.61 Å². The minimum Gasteiger partial charge on any atom is -0.489 e. The molecule has 0 saturated carbocycles. The molecule has 3 aromatic rings. The van der Waals surface area contributed by atoms with Crippen molar-refractivity contribution in [3.63, 3.8) is 0 Å². The number of nitrogens with one attached hydrogen (secondary N) is 1. The second-order valence-corrected chi connectivity index (χ2v) is 7.15. The van der Waals surface area contributed by atoms with Crippen LogP contribution >= 0.6 is 0 Å². The van der Waals surface area contributed by atoms with Gasteiger partial charge in [-0.1, -0.05) is 56.3 Å². The van der Waals surface area contributed by atoms with Gasteiger partial charge < -0.3 is 9.47 Å². The standard InChI is InChI=1S/C25H26N2O3/c1-19(2)22-9-6-10-24(15-22)30-18-25(28)27-26-16-20-11-13-23(14-12-20)29-17-21-7-4-3-5-8-21/h3-16,19H,17-18H2,1-2H3,(H,27,28)/b26-16+. The van der Waals surface area contributed by atoms with Crippen LogP contribution in [0.15, 0.2) is 84.0 Å². The quantitative estimate of drug-likeness (QED) is 0.408. The Kier molecular flexibility index (Phi) is 7.61. The number of hydrogen-bond donors (Lipinski definition) is 1. The number of hydrogen-bond acceptors (Lipinski definition) is 4. The van der Waals surface area contributed by atoms with Crippen molar-refractivity contribution in [1.82, 2.24) is 5.43 Å². The van der Waals surface area contributed by atoms with Crippen LogP contribution in [0.5, 0.6) is 11.5 Å². The van der Waals surface area contributed by atoms with Gasteiger partial charge in [-0.05, 0) is 59.0 Å². The molecule has 0 bridgehead atoms. The second-order valence-electron chi connectivity index (χ2n) is 7.15. The molecule has 0 unspecified atom stereocenters. The van der Waals surface area contributed by atoms with Crippen molar-refractivity contribution in [2.75, 3.05) is 6.61 Å². The maximum absolute atomic E-state index is 11.9. The van der Waals surface area contributed by atoms with E-state index in [1.165, 1.54) is 5.56 Å². The van der Waals surface area contributed by atoms with Gasteiger partial charge in [-0.25, -0.2) is 5.43 Å². The van der Waals surface area contributed by atoms with Crippen LogP contribution in [0.4, 0.5) is 0 Å². The molecule has 1 amide bonds. The average molecular weight is 402 g/mol. The first-order valence-electron chi connectivity index (χ1n) is 9.91. The highest BCUT2D eigenvalue weighted by Crippen LogP contribution is 2.20. The number of nitrogens with zero attached hydrogens (tertiary/aromatic N) is 1. The predicted octanol–water partition coefficient (Wildman–Crippen LogP) is 4.92. The van der Waals surface area contributed by atoms with Crippen LogP contribution in [0.3, 0.4) is 0 Å². The van der Waals surface area contributed by atoms with Gasteiger partial charge in [-0.3, -0.25) is 4.79 Å². The van der Waals surface area contributed by atoms with E-state index in [4.69, 9.17) is 9.47 Å². The number of ether oxygens (including phenoxy) is 2. The van der Waals surface area contributed by atoms with Crippen molar-refractivity contribution in [1.29, 1.82) is 0 Å². The van der Waals surface area contributed by atoms with Crippen LogP contribution in [-0.2, 0) is 11.4 Å². The highest BCUT2D eigenvalue weighted by molar-refractivity contribution is 5.83. The largest absolute Gasteiger partial charge is 0.489 e. The summed E-state index contributed by atoms with van der Waals surface area (Å²) in [5, 5.41) is 3.98. The Morgan fingerprint density at radius 3 is 2.43 bits per heavy atom. The highest BCUT2D eigenvalue weighted by Gasteiger charge is 2.04. The smallest absolute Gasteiger partial charge is 0.277 e. The molecule has 5 heteroatoms. The van der Waals surface area contributed by atoms with Crippen molar-refractivity contribution in [2.45, 2.75) is 26.4 Å². The highest BCUT2D eigenvalue weighted by atomic mass is 16.5. The van der Waals surface area contributed by atoms with Gasteiger partial charge in [-0.15, -0.1) is 0 Å². The fourth-order valence-electron chi connectivity index (χ4n) is 2.71. The van der Waals surface area contributed by atoms with Gasteiger partial charge in [0.25, 0.3) is 5.91 Å². The Hall–Kier alpha value is -3.60. The van der Waals surface area contributed by atoms with Crippen LogP contribution in [0.2, 0.25) is 0 Å². The molecule has 0 aromatic heterocycles. The summed E-state index contributed by atoms with van der Waals surface area (Å²) in [6, 6.07) is 25.2. The Morgan fingerprint density at radius 2 is 1.70 bits per heavy atom. The number of carbonyl (C=O) groups excluding carboxylic acids is 1. The first-order valence-corrected chi connectivity index (χ1v) is 9.91. The lowest BCUT2D eigenvalue weighted by atomic mass is 10.0. The van der Waals surface area contributed by atoms with Gasteiger partial charge in [0.2, 0.25) is 0 Å². The van der Waals surface area contributed by atoms with Gasteiger partial charge >= 0.3 is 0 Å². The predicted molar refractivity (Wildman–Crippen MR) is 119 cm³/mol. The topological polar surface area (TPSA) is 59.9 Å². The molecule has 3 aromatic carbocycles. The summed E-state index contributed by atoms with van der Waals surface area (Å²) in [6.45, 7) is 4.65. The Balaban J connectivity index is 1.42. The molecule has 0 heterocycles. The Morgan fingerprint density at radius 1 is 0.933 bits per heavy atom. The summed E-state index contributed by atoms with van der Waals surface area (Å²) in [7, 11) is 0. The lowest BCUT2D eigenvalue weighted by molar-refractivity contribution is -0.123. The van der Waals surface area contributed by atoms with Crippen molar-refractivity contribution in [2.24, 2.45) is 5.10 Å². The van der Waals surface area contributed by atoms with E-state index in [0.717, 1.165) is 16.9 Å². The SMILES string of the molecule is CC(C)c1cccc(OCC(=O)N/N=C/c2ccc(OCc3ccccc3)cc2)c1. The summed E-state index contributed by atoms with van der Waals surface area (Å²) < 4.78 is 11.3. The van der Waals surface area contributed by atoms with Crippen LogP contribution in [0.1, 0.15) is 36.5 Å². The van der Waals surface area contributed by atoms with Gasteiger partial charge in [-0.2, -0.15) is 5.10 Å². The zero-order valence-electron chi connectivity index (χ0n) is 17.2. The third-order valence-electron chi connectivity index (χ3n) is 4.43. The monoisotopic (exact) mass is 402 g/mol. The molecule has 0 saturated heterocycles. The molecule has 0 aliphatic rings. The second kappa shape index (κ2) is 10.8. The lowest BCUT2D eigenvalue weighted by Gasteiger charge is -2.09. The van der Waals surface area contributed by atoms with E-state index < -0.39 is 0 Å². The molecular weight excluding hydrogens is 376 g/mol. The maximum atomic E-state index is 11.9. The van der Waals surface area contributed by atoms with Gasteiger partial charge in [0.1, 0.15) is 18.1 Å². The Labute approximate surface area is 177 Å². The fourth-order valence-corrected chi connectivity index (χ4v) is 2.71. The van der Waals surface area contributed by atoms with Crippen molar-refractivity contribution in [3.8, 4) is 11.5 Å².